The highest BCUT2D eigenvalue weighted by Crippen LogP contribution is 2.28. The number of carbonyl (C=O) groups excluding carboxylic acids is 2. The summed E-state index contributed by atoms with van der Waals surface area (Å²) in [5.74, 6) is -0.131. The number of benzene rings is 3. The summed E-state index contributed by atoms with van der Waals surface area (Å²) >= 11 is 0. The molecule has 10 heteroatoms. The molecule has 0 spiro atoms. The minimum atomic E-state index is -1.01. The second-order valence-electron chi connectivity index (χ2n) is 9.99. The number of hydrogen-bond acceptors (Lipinski definition) is 6. The predicted octanol–water partition coefficient (Wildman–Crippen LogP) is 4.89. The van der Waals surface area contributed by atoms with Crippen molar-refractivity contribution in [2.24, 2.45) is 0 Å². The van der Waals surface area contributed by atoms with Gasteiger partial charge in [0.25, 0.3) is 0 Å². The van der Waals surface area contributed by atoms with Gasteiger partial charge < -0.3 is 34.9 Å². The lowest BCUT2D eigenvalue weighted by molar-refractivity contribution is -0.132. The van der Waals surface area contributed by atoms with Gasteiger partial charge in [0.05, 0.1) is 36.9 Å². The van der Waals surface area contributed by atoms with Crippen LogP contribution >= 0.6 is 0 Å². The summed E-state index contributed by atoms with van der Waals surface area (Å²) in [5, 5.41) is 14.8. The van der Waals surface area contributed by atoms with Crippen molar-refractivity contribution >= 4 is 29.3 Å². The van der Waals surface area contributed by atoms with Crippen LogP contribution in [0, 0.1) is 13.8 Å². The third-order valence-corrected chi connectivity index (χ3v) is 7.16. The molecule has 216 valence electrons. The molecule has 3 amide bonds. The lowest BCUT2D eigenvalue weighted by Crippen LogP contribution is -2.40. The molecule has 2 atom stereocenters. The monoisotopic (exact) mass is 561 g/mol. The smallest absolute Gasteiger partial charge is 0.335 e. The molecular formula is C31H35N3O7. The molecule has 3 N–H and O–H groups in total. The van der Waals surface area contributed by atoms with Crippen molar-refractivity contribution in [1.29, 1.82) is 0 Å². The Bertz CT molecular complexity index is 1390. The van der Waals surface area contributed by atoms with Crippen LogP contribution < -0.4 is 20.1 Å². The zero-order valence-electron chi connectivity index (χ0n) is 23.6. The molecule has 1 saturated heterocycles. The number of hydrogen-bond donors (Lipinski definition) is 3. The Morgan fingerprint density at radius 3 is 2.32 bits per heavy atom. The molecule has 41 heavy (non-hydrogen) atoms. The fourth-order valence-corrected chi connectivity index (χ4v) is 4.90. The third-order valence-electron chi connectivity index (χ3n) is 7.16. The Morgan fingerprint density at radius 1 is 0.976 bits per heavy atom. The number of carboxylic acid groups (broad SMARTS) is 1. The standard InChI is InChI=1S/C31H35N3O7/c1-19-6-5-7-20(2)29(19)33-31(38)32-26-13-8-21(14-27(26)40-4)15-28(35)34-17-25(39-3)16-23(34)18-41-24-11-9-22(10-12-24)30(36)37/h5-14,23,25H,15-18H2,1-4H3,(H,36,37)(H2,32,33,38)/t23-,25-/m0/s1. The van der Waals surface area contributed by atoms with E-state index in [-0.39, 0.29) is 36.6 Å². The van der Waals surface area contributed by atoms with Gasteiger partial charge in [-0.2, -0.15) is 0 Å². The minimum absolute atomic E-state index is 0.0880. The molecule has 0 unspecified atom stereocenters. The Morgan fingerprint density at radius 2 is 1.68 bits per heavy atom. The number of carbonyl (C=O) groups is 3. The highest BCUT2D eigenvalue weighted by Gasteiger charge is 2.35. The summed E-state index contributed by atoms with van der Waals surface area (Å²) < 4.78 is 16.9. The summed E-state index contributed by atoms with van der Waals surface area (Å²) in [6.45, 7) is 4.55. The van der Waals surface area contributed by atoms with Crippen molar-refractivity contribution in [2.75, 3.05) is 38.0 Å². The van der Waals surface area contributed by atoms with Crippen molar-refractivity contribution < 1.29 is 33.7 Å². The van der Waals surface area contributed by atoms with Gasteiger partial charge in [0.1, 0.15) is 18.1 Å². The van der Waals surface area contributed by atoms with Crippen LogP contribution in [0.25, 0.3) is 0 Å². The number of ether oxygens (including phenoxy) is 3. The van der Waals surface area contributed by atoms with Crippen LogP contribution in [0.5, 0.6) is 11.5 Å². The fourth-order valence-electron chi connectivity index (χ4n) is 4.90. The van der Waals surface area contributed by atoms with E-state index in [1.807, 2.05) is 32.0 Å². The first-order valence-electron chi connectivity index (χ1n) is 13.3. The maximum Gasteiger partial charge on any atom is 0.335 e. The van der Waals surface area contributed by atoms with E-state index < -0.39 is 12.0 Å². The topological polar surface area (TPSA) is 126 Å². The number of likely N-dealkylation sites (tertiary alicyclic amines) is 1. The second kappa shape index (κ2) is 13.2. The molecule has 3 aromatic carbocycles. The van der Waals surface area contributed by atoms with Crippen molar-refractivity contribution in [1.82, 2.24) is 4.90 Å². The molecule has 1 fully saturated rings. The Labute approximate surface area is 239 Å². The van der Waals surface area contributed by atoms with Gasteiger partial charge in [0.2, 0.25) is 5.91 Å². The summed E-state index contributed by atoms with van der Waals surface area (Å²) in [7, 11) is 3.13. The van der Waals surface area contributed by atoms with E-state index in [1.54, 1.807) is 42.3 Å². The maximum absolute atomic E-state index is 13.4. The van der Waals surface area contributed by atoms with Crippen LogP contribution in [0.4, 0.5) is 16.2 Å². The first-order valence-corrected chi connectivity index (χ1v) is 13.3. The lowest BCUT2D eigenvalue weighted by Gasteiger charge is -2.25. The van der Waals surface area contributed by atoms with Gasteiger partial charge in [-0.25, -0.2) is 9.59 Å². The van der Waals surface area contributed by atoms with Crippen LogP contribution in [-0.2, 0) is 16.0 Å². The zero-order valence-corrected chi connectivity index (χ0v) is 23.6. The van der Waals surface area contributed by atoms with Crippen molar-refractivity contribution in [3.63, 3.8) is 0 Å². The number of methoxy groups -OCH3 is 2. The zero-order chi connectivity index (χ0) is 29.5. The highest BCUT2D eigenvalue weighted by atomic mass is 16.5. The number of amides is 3. The van der Waals surface area contributed by atoms with E-state index in [0.29, 0.717) is 30.2 Å². The molecule has 0 bridgehead atoms. The summed E-state index contributed by atoms with van der Waals surface area (Å²) in [6.07, 6.45) is 0.640. The lowest BCUT2D eigenvalue weighted by atomic mass is 10.1. The van der Waals surface area contributed by atoms with E-state index in [2.05, 4.69) is 10.6 Å². The van der Waals surface area contributed by atoms with Gasteiger partial charge in [-0.05, 0) is 73.4 Å². The second-order valence-corrected chi connectivity index (χ2v) is 9.99. The molecule has 0 aliphatic carbocycles. The average molecular weight is 562 g/mol. The SMILES string of the molecule is COc1cc(CC(=O)N2C[C@@H](OC)C[C@H]2COc2ccc(C(=O)O)cc2)ccc1NC(=O)Nc1c(C)cccc1C. The van der Waals surface area contributed by atoms with Crippen LogP contribution in [0.1, 0.15) is 33.5 Å². The summed E-state index contributed by atoms with van der Waals surface area (Å²) in [4.78, 5) is 38.9. The molecule has 0 radical (unpaired) electrons. The highest BCUT2D eigenvalue weighted by molar-refractivity contribution is 6.01. The van der Waals surface area contributed by atoms with Crippen molar-refractivity contribution in [2.45, 2.75) is 38.8 Å². The van der Waals surface area contributed by atoms with Crippen molar-refractivity contribution in [3.8, 4) is 11.5 Å². The molecule has 0 aromatic heterocycles. The van der Waals surface area contributed by atoms with E-state index in [4.69, 9.17) is 19.3 Å². The molecule has 4 rings (SSSR count). The molecule has 3 aromatic rings. The van der Waals surface area contributed by atoms with E-state index in [1.165, 1.54) is 19.2 Å². The van der Waals surface area contributed by atoms with Gasteiger partial charge in [-0.3, -0.25) is 4.79 Å². The Hall–Kier alpha value is -4.57. The van der Waals surface area contributed by atoms with E-state index in [9.17, 15) is 14.4 Å². The van der Waals surface area contributed by atoms with Crippen molar-refractivity contribution in [3.05, 3.63) is 82.9 Å². The fraction of sp³-hybridized carbons (Fsp3) is 0.323. The number of urea groups is 1. The molecule has 1 aliphatic heterocycles. The number of anilines is 2. The number of nitrogens with one attached hydrogen (secondary N) is 2. The minimum Gasteiger partial charge on any atom is -0.495 e. The van der Waals surface area contributed by atoms with Crippen LogP contribution in [0.15, 0.2) is 60.7 Å². The normalized spacial score (nSPS) is 16.2. The van der Waals surface area contributed by atoms with E-state index >= 15 is 0 Å². The Kier molecular flexibility index (Phi) is 9.46. The van der Waals surface area contributed by atoms with Crippen LogP contribution in [-0.4, -0.2) is 67.4 Å². The number of aryl methyl sites for hydroxylation is 2. The third kappa shape index (κ3) is 7.34. The first kappa shape index (κ1) is 29.4. The average Bonchev–Trinajstić information content (AvgIpc) is 3.38. The largest absolute Gasteiger partial charge is 0.495 e. The van der Waals surface area contributed by atoms with Gasteiger partial charge in [-0.1, -0.05) is 24.3 Å². The number of rotatable bonds is 10. The van der Waals surface area contributed by atoms with Gasteiger partial charge in [0.15, 0.2) is 0 Å². The molecule has 1 heterocycles. The molecule has 0 saturated carbocycles. The quantitative estimate of drug-likeness (QED) is 0.322. The molecule has 1 aliphatic rings. The number of aromatic carboxylic acids is 1. The molecule has 10 nitrogen and oxygen atoms in total. The first-order chi connectivity index (χ1) is 19.7. The predicted molar refractivity (Wildman–Crippen MR) is 155 cm³/mol. The van der Waals surface area contributed by atoms with Gasteiger partial charge >= 0.3 is 12.0 Å². The maximum atomic E-state index is 13.4. The number of carboxylic acids is 1. The van der Waals surface area contributed by atoms with Gasteiger partial charge in [-0.15, -0.1) is 0 Å². The van der Waals surface area contributed by atoms with Gasteiger partial charge in [0, 0.05) is 19.3 Å². The Balaban J connectivity index is 1.39. The van der Waals surface area contributed by atoms with Crippen LogP contribution in [0.2, 0.25) is 0 Å². The number of para-hydroxylation sites is 1. The summed E-state index contributed by atoms with van der Waals surface area (Å²) in [5.41, 5.74) is 4.05. The summed E-state index contributed by atoms with van der Waals surface area (Å²) in [6, 6.07) is 16.6. The van der Waals surface area contributed by atoms with E-state index in [0.717, 1.165) is 22.4 Å². The molecular weight excluding hydrogens is 526 g/mol. The van der Waals surface area contributed by atoms with Crippen LogP contribution in [0.3, 0.4) is 0 Å². The number of nitrogens with zero attached hydrogens (tertiary/aromatic N) is 1.